The lowest BCUT2D eigenvalue weighted by molar-refractivity contribution is 0.0934. The lowest BCUT2D eigenvalue weighted by atomic mass is 9.93. The van der Waals surface area contributed by atoms with Gasteiger partial charge in [-0.3, -0.25) is 4.79 Å². The molecule has 1 saturated carbocycles. The summed E-state index contributed by atoms with van der Waals surface area (Å²) in [5, 5.41) is 9.03. The van der Waals surface area contributed by atoms with Crippen LogP contribution in [-0.4, -0.2) is 12.4 Å². The Kier molecular flexibility index (Phi) is 2.19. The van der Waals surface area contributed by atoms with Crippen LogP contribution in [0.4, 0.5) is 0 Å². The molecule has 0 saturated heterocycles. The minimum atomic E-state index is -0.718. The van der Waals surface area contributed by atoms with Crippen LogP contribution in [0.25, 0.3) is 0 Å². The first-order valence-electron chi connectivity index (χ1n) is 5.97. The van der Waals surface area contributed by atoms with E-state index in [1.54, 1.807) is 6.07 Å². The smallest absolute Gasteiger partial charge is 0.183 e. The predicted molar refractivity (Wildman–Crippen MR) is 61.9 cm³/mol. The highest BCUT2D eigenvalue weighted by Crippen LogP contribution is 2.47. The molecule has 3 rings (SSSR count). The number of nitriles is 1. The number of aryl methyl sites for hydroxylation is 1. The fourth-order valence-electron chi connectivity index (χ4n) is 2.29. The Labute approximate surface area is 100 Å². The van der Waals surface area contributed by atoms with E-state index in [2.05, 4.69) is 6.07 Å². The number of benzene rings is 1. The topological polar surface area (TPSA) is 50.1 Å². The van der Waals surface area contributed by atoms with Gasteiger partial charge in [0, 0.05) is 5.56 Å². The van der Waals surface area contributed by atoms with Crippen molar-refractivity contribution in [1.29, 1.82) is 5.26 Å². The molecule has 2 aliphatic rings. The summed E-state index contributed by atoms with van der Waals surface area (Å²) < 4.78 is 5.51. The van der Waals surface area contributed by atoms with Crippen LogP contribution in [0.1, 0.15) is 35.2 Å². The molecule has 86 valence electrons. The van der Waals surface area contributed by atoms with E-state index in [1.807, 2.05) is 12.1 Å². The van der Waals surface area contributed by atoms with Gasteiger partial charge in [0.25, 0.3) is 0 Å². The molecule has 3 heteroatoms. The fourth-order valence-corrected chi connectivity index (χ4v) is 2.29. The average molecular weight is 227 g/mol. The summed E-state index contributed by atoms with van der Waals surface area (Å²) >= 11 is 0. The number of fused-ring (bicyclic) bond motifs is 1. The van der Waals surface area contributed by atoms with Crippen molar-refractivity contribution in [3.63, 3.8) is 0 Å². The molecule has 0 N–H and O–H groups in total. The highest BCUT2D eigenvalue weighted by molar-refractivity contribution is 6.04. The summed E-state index contributed by atoms with van der Waals surface area (Å²) in [6.45, 7) is 0.752. The van der Waals surface area contributed by atoms with E-state index in [1.165, 1.54) is 0 Å². The number of ketones is 1. The summed E-state index contributed by atoms with van der Waals surface area (Å²) in [4.78, 5) is 12.2. The van der Waals surface area contributed by atoms with Crippen LogP contribution >= 0.6 is 0 Å². The van der Waals surface area contributed by atoms with Gasteiger partial charge < -0.3 is 4.74 Å². The fraction of sp³-hybridized carbons (Fsp3) is 0.429. The number of Topliss-reactive ketones (excluding diaryl/α,β-unsaturated/α-hetero) is 1. The van der Waals surface area contributed by atoms with E-state index in [4.69, 9.17) is 10.00 Å². The summed E-state index contributed by atoms with van der Waals surface area (Å²) in [6.07, 6.45) is 3.36. The molecule has 1 fully saturated rings. The third-order valence-corrected chi connectivity index (χ3v) is 3.57. The van der Waals surface area contributed by atoms with Gasteiger partial charge in [0.2, 0.25) is 0 Å². The molecule has 0 spiro atoms. The summed E-state index contributed by atoms with van der Waals surface area (Å²) in [6, 6.07) is 7.68. The monoisotopic (exact) mass is 227 g/mol. The molecule has 0 aromatic heterocycles. The second-order valence-corrected chi connectivity index (χ2v) is 4.80. The minimum absolute atomic E-state index is 0.0200. The zero-order valence-electron chi connectivity index (χ0n) is 9.53. The van der Waals surface area contributed by atoms with Crippen molar-refractivity contribution < 1.29 is 9.53 Å². The van der Waals surface area contributed by atoms with E-state index >= 15 is 0 Å². The molecule has 0 atom stereocenters. The lowest BCUT2D eigenvalue weighted by Gasteiger charge is -2.18. The molecule has 1 aliphatic heterocycles. The molecule has 3 nitrogen and oxygen atoms in total. The largest absolute Gasteiger partial charge is 0.493 e. The van der Waals surface area contributed by atoms with Gasteiger partial charge in [-0.05, 0) is 49.4 Å². The first-order valence-corrected chi connectivity index (χ1v) is 5.97. The maximum atomic E-state index is 12.2. The number of rotatable bonds is 2. The number of carbonyl (C=O) groups excluding carboxylic acids is 1. The van der Waals surface area contributed by atoms with Gasteiger partial charge in [0.05, 0.1) is 12.7 Å². The maximum absolute atomic E-state index is 12.2. The number of carbonyl (C=O) groups is 1. The first-order chi connectivity index (χ1) is 8.25. The van der Waals surface area contributed by atoms with Gasteiger partial charge >= 0.3 is 0 Å². The SMILES string of the molecule is N#CC1(C(=O)c2ccc3c(c2)CCCO3)CC1. The van der Waals surface area contributed by atoms with Gasteiger partial charge in [-0.25, -0.2) is 0 Å². The summed E-state index contributed by atoms with van der Waals surface area (Å²) in [5.41, 5.74) is 1.04. The summed E-state index contributed by atoms with van der Waals surface area (Å²) in [5.74, 6) is 0.864. The van der Waals surface area contributed by atoms with Crippen molar-refractivity contribution >= 4 is 5.78 Å². The molecule has 0 radical (unpaired) electrons. The molecule has 1 aliphatic carbocycles. The van der Waals surface area contributed by atoms with Crippen LogP contribution < -0.4 is 4.74 Å². The van der Waals surface area contributed by atoms with Gasteiger partial charge in [-0.15, -0.1) is 0 Å². The molecule has 0 unspecified atom stereocenters. The molecular weight excluding hydrogens is 214 g/mol. The van der Waals surface area contributed by atoms with Crippen molar-refractivity contribution in [2.45, 2.75) is 25.7 Å². The van der Waals surface area contributed by atoms with Crippen LogP contribution in [0.3, 0.4) is 0 Å². The third kappa shape index (κ3) is 1.61. The van der Waals surface area contributed by atoms with E-state index in [-0.39, 0.29) is 5.78 Å². The third-order valence-electron chi connectivity index (χ3n) is 3.57. The van der Waals surface area contributed by atoms with Crippen molar-refractivity contribution in [3.05, 3.63) is 29.3 Å². The van der Waals surface area contributed by atoms with Gasteiger partial charge in [0.15, 0.2) is 5.78 Å². The molecule has 0 bridgehead atoms. The van der Waals surface area contributed by atoms with E-state index in [0.29, 0.717) is 18.4 Å². The van der Waals surface area contributed by atoms with Crippen molar-refractivity contribution in [1.82, 2.24) is 0 Å². The molecule has 0 amide bonds. The van der Waals surface area contributed by atoms with Gasteiger partial charge in [-0.1, -0.05) is 0 Å². The molecular formula is C14H13NO2. The van der Waals surface area contributed by atoms with E-state index < -0.39 is 5.41 Å². The van der Waals surface area contributed by atoms with Crippen LogP contribution in [0.5, 0.6) is 5.75 Å². The quantitative estimate of drug-likeness (QED) is 0.729. The van der Waals surface area contributed by atoms with Crippen LogP contribution in [0.2, 0.25) is 0 Å². The Morgan fingerprint density at radius 1 is 1.41 bits per heavy atom. The number of hydrogen-bond donors (Lipinski definition) is 0. The van der Waals surface area contributed by atoms with Crippen molar-refractivity contribution in [2.75, 3.05) is 6.61 Å². The average Bonchev–Trinajstić information content (AvgIpc) is 3.18. The highest BCUT2D eigenvalue weighted by atomic mass is 16.5. The predicted octanol–water partition coefficient (Wildman–Crippen LogP) is 2.50. The first kappa shape index (κ1) is 10.3. The molecule has 1 heterocycles. The standard InChI is InChI=1S/C14H13NO2/c15-9-14(5-6-14)13(16)11-3-4-12-10(8-11)2-1-7-17-12/h3-4,8H,1-2,5-7H2. The number of ether oxygens (including phenoxy) is 1. The molecule has 1 aromatic carbocycles. The summed E-state index contributed by atoms with van der Waals surface area (Å²) in [7, 11) is 0. The highest BCUT2D eigenvalue weighted by Gasteiger charge is 2.50. The zero-order chi connectivity index (χ0) is 11.9. The Bertz CT molecular complexity index is 524. The van der Waals surface area contributed by atoms with E-state index in [9.17, 15) is 4.79 Å². The number of hydrogen-bond acceptors (Lipinski definition) is 3. The Hall–Kier alpha value is -1.82. The van der Waals surface area contributed by atoms with E-state index in [0.717, 1.165) is 30.8 Å². The normalized spacial score (nSPS) is 19.7. The van der Waals surface area contributed by atoms with Crippen LogP contribution in [0.15, 0.2) is 18.2 Å². The van der Waals surface area contributed by atoms with Crippen LogP contribution in [-0.2, 0) is 6.42 Å². The Morgan fingerprint density at radius 3 is 2.94 bits per heavy atom. The molecule has 1 aromatic rings. The van der Waals surface area contributed by atoms with Crippen LogP contribution in [0, 0.1) is 16.7 Å². The Morgan fingerprint density at radius 2 is 2.24 bits per heavy atom. The Balaban J connectivity index is 1.94. The van der Waals surface area contributed by atoms with Crippen molar-refractivity contribution in [3.8, 4) is 11.8 Å². The second kappa shape index (κ2) is 3.59. The van der Waals surface area contributed by atoms with Gasteiger partial charge in [-0.2, -0.15) is 5.26 Å². The lowest BCUT2D eigenvalue weighted by Crippen LogP contribution is -2.15. The maximum Gasteiger partial charge on any atom is 0.183 e. The minimum Gasteiger partial charge on any atom is -0.493 e. The second-order valence-electron chi connectivity index (χ2n) is 4.80. The number of nitrogens with zero attached hydrogens (tertiary/aromatic N) is 1. The molecule has 17 heavy (non-hydrogen) atoms. The van der Waals surface area contributed by atoms with Gasteiger partial charge in [0.1, 0.15) is 11.2 Å². The zero-order valence-corrected chi connectivity index (χ0v) is 9.53. The van der Waals surface area contributed by atoms with Crippen molar-refractivity contribution in [2.24, 2.45) is 5.41 Å².